The van der Waals surface area contributed by atoms with Crippen molar-refractivity contribution in [1.82, 2.24) is 9.78 Å². The highest BCUT2D eigenvalue weighted by Crippen LogP contribution is 2.20. The number of carbonyl (C=O) groups is 1. The topological polar surface area (TPSA) is 72.9 Å². The second-order valence-electron chi connectivity index (χ2n) is 4.32. The van der Waals surface area contributed by atoms with E-state index in [1.165, 1.54) is 0 Å². The number of aryl methyl sites for hydroxylation is 2. The molecule has 0 unspecified atom stereocenters. The Morgan fingerprint density at radius 3 is 2.70 bits per heavy atom. The first-order chi connectivity index (χ1) is 9.42. The number of nitrogens with two attached hydrogens (primary N) is 1. The molecule has 5 nitrogen and oxygen atoms in total. The second kappa shape index (κ2) is 5.28. The van der Waals surface area contributed by atoms with Gasteiger partial charge in [0.2, 0.25) is 0 Å². The molecule has 2 rings (SSSR count). The zero-order chi connectivity index (χ0) is 14.9. The molecule has 20 heavy (non-hydrogen) atoms. The average Bonchev–Trinajstić information content (AvgIpc) is 2.73. The molecule has 0 atom stereocenters. The summed E-state index contributed by atoms with van der Waals surface area (Å²) >= 11 is 0. The van der Waals surface area contributed by atoms with Crippen LogP contribution in [0.2, 0.25) is 0 Å². The molecule has 0 spiro atoms. The smallest absolute Gasteiger partial charge is 0.257 e. The average molecular weight is 280 g/mol. The number of rotatable bonds is 3. The number of hydrogen-bond acceptors (Lipinski definition) is 3. The Hall–Kier alpha value is -2.44. The monoisotopic (exact) mass is 280 g/mol. The van der Waals surface area contributed by atoms with Gasteiger partial charge in [-0.25, -0.2) is 8.78 Å². The summed E-state index contributed by atoms with van der Waals surface area (Å²) < 4.78 is 27.7. The van der Waals surface area contributed by atoms with E-state index in [9.17, 15) is 13.6 Å². The van der Waals surface area contributed by atoms with Gasteiger partial charge in [0.25, 0.3) is 5.91 Å². The number of nitrogens with one attached hydrogen (secondary N) is 1. The molecule has 7 heteroatoms. The standard InChI is InChI=1S/C13H14F2N4O/c1-3-11-12(6-19(2)18-11)17-13(20)7-4-8(14)9(15)5-10(7)16/h4-6H,3,16H2,1-2H3,(H,17,20). The van der Waals surface area contributed by atoms with Crippen LogP contribution >= 0.6 is 0 Å². The maximum Gasteiger partial charge on any atom is 0.257 e. The van der Waals surface area contributed by atoms with Crippen molar-refractivity contribution in [3.05, 3.63) is 41.2 Å². The van der Waals surface area contributed by atoms with Crippen LogP contribution in [0.5, 0.6) is 0 Å². The van der Waals surface area contributed by atoms with E-state index in [2.05, 4.69) is 10.4 Å². The number of hydrogen-bond donors (Lipinski definition) is 2. The van der Waals surface area contributed by atoms with Gasteiger partial charge in [-0.15, -0.1) is 0 Å². The SMILES string of the molecule is CCc1nn(C)cc1NC(=O)c1cc(F)c(F)cc1N. The largest absolute Gasteiger partial charge is 0.398 e. The van der Waals surface area contributed by atoms with Crippen molar-refractivity contribution in [2.75, 3.05) is 11.1 Å². The molecule has 1 aromatic carbocycles. The van der Waals surface area contributed by atoms with Crippen LogP contribution in [0.3, 0.4) is 0 Å². The van der Waals surface area contributed by atoms with Gasteiger partial charge in [-0.05, 0) is 12.5 Å². The minimum atomic E-state index is -1.12. The van der Waals surface area contributed by atoms with E-state index in [0.717, 1.165) is 12.1 Å². The molecular weight excluding hydrogens is 266 g/mol. The number of halogens is 2. The molecule has 0 aliphatic rings. The van der Waals surface area contributed by atoms with Gasteiger partial charge in [0.05, 0.1) is 16.9 Å². The van der Waals surface area contributed by atoms with Crippen LogP contribution in [0.25, 0.3) is 0 Å². The van der Waals surface area contributed by atoms with Crippen molar-refractivity contribution in [3.63, 3.8) is 0 Å². The van der Waals surface area contributed by atoms with Gasteiger partial charge < -0.3 is 11.1 Å². The van der Waals surface area contributed by atoms with Crippen LogP contribution in [0.1, 0.15) is 23.0 Å². The molecule has 0 fully saturated rings. The fourth-order valence-corrected chi connectivity index (χ4v) is 1.85. The quantitative estimate of drug-likeness (QED) is 0.846. The number of anilines is 2. The first kappa shape index (κ1) is 14.0. The maximum absolute atomic E-state index is 13.2. The van der Waals surface area contributed by atoms with Gasteiger partial charge in [0.15, 0.2) is 11.6 Å². The van der Waals surface area contributed by atoms with Crippen LogP contribution < -0.4 is 11.1 Å². The highest BCUT2D eigenvalue weighted by atomic mass is 19.2. The number of benzene rings is 1. The molecule has 0 radical (unpaired) electrons. The zero-order valence-electron chi connectivity index (χ0n) is 11.1. The van der Waals surface area contributed by atoms with E-state index < -0.39 is 17.5 Å². The summed E-state index contributed by atoms with van der Waals surface area (Å²) in [5, 5.41) is 6.76. The van der Waals surface area contributed by atoms with Crippen LogP contribution in [-0.2, 0) is 13.5 Å². The molecule has 2 aromatic rings. The Morgan fingerprint density at radius 1 is 1.40 bits per heavy atom. The first-order valence-electron chi connectivity index (χ1n) is 6.00. The van der Waals surface area contributed by atoms with Crippen LogP contribution in [0.4, 0.5) is 20.2 Å². The summed E-state index contributed by atoms with van der Waals surface area (Å²) in [7, 11) is 1.72. The number of amides is 1. The summed E-state index contributed by atoms with van der Waals surface area (Å²) in [5.74, 6) is -2.81. The third-order valence-corrected chi connectivity index (χ3v) is 2.83. The predicted octanol–water partition coefficient (Wildman–Crippen LogP) is 2.10. The highest BCUT2D eigenvalue weighted by Gasteiger charge is 2.16. The van der Waals surface area contributed by atoms with Crippen molar-refractivity contribution in [1.29, 1.82) is 0 Å². The van der Waals surface area contributed by atoms with Crippen LogP contribution in [0.15, 0.2) is 18.3 Å². The van der Waals surface area contributed by atoms with E-state index >= 15 is 0 Å². The minimum Gasteiger partial charge on any atom is -0.398 e. The van der Waals surface area contributed by atoms with Crippen molar-refractivity contribution in [2.45, 2.75) is 13.3 Å². The Morgan fingerprint density at radius 2 is 2.05 bits per heavy atom. The summed E-state index contributed by atoms with van der Waals surface area (Å²) in [6.45, 7) is 1.89. The molecule has 106 valence electrons. The zero-order valence-corrected chi connectivity index (χ0v) is 11.1. The fourth-order valence-electron chi connectivity index (χ4n) is 1.85. The number of nitrogen functional groups attached to an aromatic ring is 1. The maximum atomic E-state index is 13.2. The number of carbonyl (C=O) groups excluding carboxylic acids is 1. The molecule has 3 N–H and O–H groups in total. The summed E-state index contributed by atoms with van der Waals surface area (Å²) in [5.41, 5.74) is 6.51. The van der Waals surface area contributed by atoms with Gasteiger partial charge >= 0.3 is 0 Å². The third kappa shape index (κ3) is 2.61. The van der Waals surface area contributed by atoms with Crippen molar-refractivity contribution >= 4 is 17.3 Å². The lowest BCUT2D eigenvalue weighted by Crippen LogP contribution is -2.15. The first-order valence-corrected chi connectivity index (χ1v) is 6.00. The van der Waals surface area contributed by atoms with Crippen LogP contribution in [-0.4, -0.2) is 15.7 Å². The third-order valence-electron chi connectivity index (χ3n) is 2.83. The molecule has 1 heterocycles. The van der Waals surface area contributed by atoms with E-state index in [4.69, 9.17) is 5.73 Å². The Bertz CT molecular complexity index is 667. The lowest BCUT2D eigenvalue weighted by atomic mass is 10.1. The van der Waals surface area contributed by atoms with E-state index in [1.807, 2.05) is 6.92 Å². The lowest BCUT2D eigenvalue weighted by molar-refractivity contribution is 0.102. The van der Waals surface area contributed by atoms with Crippen molar-refractivity contribution in [2.24, 2.45) is 7.05 Å². The van der Waals surface area contributed by atoms with Crippen molar-refractivity contribution in [3.8, 4) is 0 Å². The van der Waals surface area contributed by atoms with E-state index in [0.29, 0.717) is 17.8 Å². The van der Waals surface area contributed by atoms with E-state index in [1.54, 1.807) is 17.9 Å². The molecule has 0 aliphatic carbocycles. The Kier molecular flexibility index (Phi) is 3.69. The minimum absolute atomic E-state index is 0.116. The van der Waals surface area contributed by atoms with Gasteiger partial charge in [-0.1, -0.05) is 6.92 Å². The van der Waals surface area contributed by atoms with E-state index in [-0.39, 0.29) is 11.3 Å². The second-order valence-corrected chi connectivity index (χ2v) is 4.32. The molecule has 0 aliphatic heterocycles. The Balaban J connectivity index is 2.30. The van der Waals surface area contributed by atoms with Crippen LogP contribution in [0, 0.1) is 11.6 Å². The van der Waals surface area contributed by atoms with Gasteiger partial charge in [-0.2, -0.15) is 5.10 Å². The molecule has 1 aromatic heterocycles. The molecule has 0 saturated heterocycles. The number of aromatic nitrogens is 2. The van der Waals surface area contributed by atoms with Gasteiger partial charge in [0.1, 0.15) is 0 Å². The normalized spacial score (nSPS) is 10.6. The highest BCUT2D eigenvalue weighted by molar-refractivity contribution is 6.07. The Labute approximate surface area is 114 Å². The van der Waals surface area contributed by atoms with Gasteiger partial charge in [0, 0.05) is 25.0 Å². The molecule has 1 amide bonds. The fraction of sp³-hybridized carbons (Fsp3) is 0.231. The predicted molar refractivity (Wildman–Crippen MR) is 71.3 cm³/mol. The van der Waals surface area contributed by atoms with Gasteiger partial charge in [-0.3, -0.25) is 9.48 Å². The summed E-state index contributed by atoms with van der Waals surface area (Å²) in [6.07, 6.45) is 2.26. The van der Waals surface area contributed by atoms with Crippen molar-refractivity contribution < 1.29 is 13.6 Å². The summed E-state index contributed by atoms with van der Waals surface area (Å²) in [6, 6.07) is 1.57. The lowest BCUT2D eigenvalue weighted by Gasteiger charge is -2.07. The molecule has 0 bridgehead atoms. The number of nitrogens with zero attached hydrogens (tertiary/aromatic N) is 2. The molecule has 0 saturated carbocycles. The molecular formula is C13H14F2N4O. The summed E-state index contributed by atoms with van der Waals surface area (Å²) in [4.78, 5) is 12.1.